The molecule has 1 saturated heterocycles. The Morgan fingerprint density at radius 1 is 1.35 bits per heavy atom. The molecule has 8 heteroatoms. The first-order chi connectivity index (χ1) is 12.3. The van der Waals surface area contributed by atoms with Gasteiger partial charge in [0.1, 0.15) is 5.69 Å². The van der Waals surface area contributed by atoms with Gasteiger partial charge < -0.3 is 24.8 Å². The molecule has 1 aliphatic heterocycles. The predicted octanol–water partition coefficient (Wildman–Crippen LogP) is 1.32. The maximum Gasteiger partial charge on any atom is 0.290 e. The van der Waals surface area contributed by atoms with E-state index in [-0.39, 0.29) is 30.2 Å². The van der Waals surface area contributed by atoms with Gasteiger partial charge in [0, 0.05) is 30.4 Å². The van der Waals surface area contributed by atoms with E-state index in [0.717, 1.165) is 11.3 Å². The summed E-state index contributed by atoms with van der Waals surface area (Å²) >= 11 is 0. The van der Waals surface area contributed by atoms with Crippen LogP contribution in [0.3, 0.4) is 0 Å². The Bertz CT molecular complexity index is 790. The monoisotopic (exact) mass is 360 g/mol. The number of amides is 2. The molecule has 0 aromatic carbocycles. The molecule has 2 atom stereocenters. The van der Waals surface area contributed by atoms with Crippen molar-refractivity contribution in [3.63, 3.8) is 0 Å². The molecule has 2 aromatic rings. The summed E-state index contributed by atoms with van der Waals surface area (Å²) < 4.78 is 4.96. The largest absolute Gasteiger partial charge is 0.391 e. The maximum absolute atomic E-state index is 12.7. The molecule has 3 N–H and O–H groups in total. The summed E-state index contributed by atoms with van der Waals surface area (Å²) in [5.41, 5.74) is 3.16. The standard InChI is InChI=1S/C18H24N4O4/c1-10-6-15(20-12(10)3)18(25)22-5-4-13(7-14(23)9-22)21-17(24)16-11(2)8-19-26-16/h6,8,13-14,20,23H,4-5,7,9H2,1-3H3,(H,21,24)/t13-,14-/m1/s1. The van der Waals surface area contributed by atoms with Crippen LogP contribution >= 0.6 is 0 Å². The van der Waals surface area contributed by atoms with Crippen LogP contribution < -0.4 is 5.32 Å². The van der Waals surface area contributed by atoms with E-state index >= 15 is 0 Å². The molecule has 140 valence electrons. The Morgan fingerprint density at radius 3 is 2.73 bits per heavy atom. The van der Waals surface area contributed by atoms with Crippen molar-refractivity contribution in [3.8, 4) is 0 Å². The molecule has 0 bridgehead atoms. The number of likely N-dealkylation sites (tertiary alicyclic amines) is 1. The van der Waals surface area contributed by atoms with E-state index in [1.165, 1.54) is 6.20 Å². The van der Waals surface area contributed by atoms with E-state index in [1.54, 1.807) is 11.8 Å². The van der Waals surface area contributed by atoms with Crippen molar-refractivity contribution in [3.05, 3.63) is 40.5 Å². The summed E-state index contributed by atoms with van der Waals surface area (Å²) in [5.74, 6) is -0.320. The first-order valence-electron chi connectivity index (χ1n) is 8.71. The van der Waals surface area contributed by atoms with Crippen LogP contribution in [-0.2, 0) is 0 Å². The molecule has 1 fully saturated rings. The van der Waals surface area contributed by atoms with Gasteiger partial charge in [-0.3, -0.25) is 9.59 Å². The van der Waals surface area contributed by atoms with E-state index in [9.17, 15) is 14.7 Å². The number of aliphatic hydroxyl groups excluding tert-OH is 1. The molecular formula is C18H24N4O4. The highest BCUT2D eigenvalue weighted by Crippen LogP contribution is 2.17. The number of aromatic nitrogens is 2. The summed E-state index contributed by atoms with van der Waals surface area (Å²) in [6.07, 6.45) is 1.71. The van der Waals surface area contributed by atoms with Gasteiger partial charge in [0.15, 0.2) is 0 Å². The van der Waals surface area contributed by atoms with Crippen molar-refractivity contribution in [2.45, 2.75) is 45.8 Å². The number of carbonyl (C=O) groups is 2. The molecule has 8 nitrogen and oxygen atoms in total. The average molecular weight is 360 g/mol. The van der Waals surface area contributed by atoms with E-state index < -0.39 is 6.10 Å². The molecule has 3 rings (SSSR count). The lowest BCUT2D eigenvalue weighted by molar-refractivity contribution is 0.0646. The first-order valence-corrected chi connectivity index (χ1v) is 8.71. The summed E-state index contributed by atoms with van der Waals surface area (Å²) in [5, 5.41) is 16.8. The molecule has 2 aromatic heterocycles. The molecule has 1 aliphatic rings. The van der Waals surface area contributed by atoms with Gasteiger partial charge in [0.25, 0.3) is 11.8 Å². The second-order valence-corrected chi connectivity index (χ2v) is 6.93. The number of aromatic amines is 1. The Hall–Kier alpha value is -2.61. The van der Waals surface area contributed by atoms with Crippen LogP contribution in [0.25, 0.3) is 0 Å². The molecule has 2 amide bonds. The van der Waals surface area contributed by atoms with Crippen molar-refractivity contribution >= 4 is 11.8 Å². The molecule has 0 aliphatic carbocycles. The minimum Gasteiger partial charge on any atom is -0.391 e. The lowest BCUT2D eigenvalue weighted by Crippen LogP contribution is -2.37. The summed E-state index contributed by atoms with van der Waals surface area (Å²) in [6, 6.07) is 1.58. The maximum atomic E-state index is 12.7. The van der Waals surface area contributed by atoms with Gasteiger partial charge in [0.2, 0.25) is 5.76 Å². The highest BCUT2D eigenvalue weighted by atomic mass is 16.5. The number of rotatable bonds is 3. The zero-order chi connectivity index (χ0) is 18.8. The fourth-order valence-corrected chi connectivity index (χ4v) is 3.20. The second kappa shape index (κ2) is 7.33. The Kier molecular flexibility index (Phi) is 5.13. The third kappa shape index (κ3) is 3.80. The zero-order valence-electron chi connectivity index (χ0n) is 15.2. The van der Waals surface area contributed by atoms with Crippen LogP contribution in [0.1, 0.15) is 50.7 Å². The van der Waals surface area contributed by atoms with Gasteiger partial charge in [0.05, 0.1) is 12.3 Å². The number of H-pyrrole nitrogens is 1. The molecule has 0 unspecified atom stereocenters. The number of aliphatic hydroxyl groups is 1. The topological polar surface area (TPSA) is 111 Å². The van der Waals surface area contributed by atoms with E-state index in [2.05, 4.69) is 15.5 Å². The molecule has 0 saturated carbocycles. The molecule has 0 radical (unpaired) electrons. The number of aryl methyl sites for hydroxylation is 3. The van der Waals surface area contributed by atoms with Crippen molar-refractivity contribution in [2.75, 3.05) is 13.1 Å². The molecule has 3 heterocycles. The minimum atomic E-state index is -0.709. The highest BCUT2D eigenvalue weighted by molar-refractivity contribution is 5.93. The molecule has 26 heavy (non-hydrogen) atoms. The normalized spacial score (nSPS) is 20.7. The minimum absolute atomic E-state index is 0.140. The van der Waals surface area contributed by atoms with Gasteiger partial charge in [-0.25, -0.2) is 0 Å². The summed E-state index contributed by atoms with van der Waals surface area (Å²) in [6.45, 7) is 6.29. The highest BCUT2D eigenvalue weighted by Gasteiger charge is 2.29. The van der Waals surface area contributed by atoms with Gasteiger partial charge in [-0.1, -0.05) is 5.16 Å². The summed E-state index contributed by atoms with van der Waals surface area (Å²) in [7, 11) is 0. The van der Waals surface area contributed by atoms with Crippen LogP contribution in [0.5, 0.6) is 0 Å². The number of nitrogens with one attached hydrogen (secondary N) is 2. The molecular weight excluding hydrogens is 336 g/mol. The quantitative estimate of drug-likeness (QED) is 0.764. The van der Waals surface area contributed by atoms with Crippen molar-refractivity contribution < 1.29 is 19.2 Å². The third-order valence-electron chi connectivity index (χ3n) is 4.82. The molecule has 0 spiro atoms. The van der Waals surface area contributed by atoms with Crippen molar-refractivity contribution in [1.29, 1.82) is 0 Å². The fraction of sp³-hybridized carbons (Fsp3) is 0.500. The first kappa shape index (κ1) is 18.2. The number of nitrogens with zero attached hydrogens (tertiary/aromatic N) is 2. The third-order valence-corrected chi connectivity index (χ3v) is 4.82. The Morgan fingerprint density at radius 2 is 2.12 bits per heavy atom. The van der Waals surface area contributed by atoms with E-state index in [1.807, 2.05) is 19.9 Å². The smallest absolute Gasteiger partial charge is 0.290 e. The van der Waals surface area contributed by atoms with Gasteiger partial charge in [-0.15, -0.1) is 0 Å². The zero-order valence-corrected chi connectivity index (χ0v) is 15.2. The van der Waals surface area contributed by atoms with Crippen LogP contribution in [0, 0.1) is 20.8 Å². The van der Waals surface area contributed by atoms with Crippen LogP contribution in [0.2, 0.25) is 0 Å². The Balaban J connectivity index is 1.65. The van der Waals surface area contributed by atoms with Crippen molar-refractivity contribution in [2.24, 2.45) is 0 Å². The number of carbonyl (C=O) groups excluding carboxylic acids is 2. The summed E-state index contributed by atoms with van der Waals surface area (Å²) in [4.78, 5) is 29.7. The van der Waals surface area contributed by atoms with Crippen molar-refractivity contribution in [1.82, 2.24) is 20.4 Å². The number of hydrogen-bond donors (Lipinski definition) is 3. The van der Waals surface area contributed by atoms with Gasteiger partial charge in [-0.2, -0.15) is 0 Å². The van der Waals surface area contributed by atoms with Crippen LogP contribution in [0.15, 0.2) is 16.8 Å². The van der Waals surface area contributed by atoms with E-state index in [0.29, 0.717) is 30.6 Å². The van der Waals surface area contributed by atoms with Gasteiger partial charge >= 0.3 is 0 Å². The number of β-amino-alcohol motifs (C(OH)–C–C–N with tert-alkyl or cyclic N) is 1. The Labute approximate surface area is 151 Å². The lowest BCUT2D eigenvalue weighted by Gasteiger charge is -2.21. The predicted molar refractivity (Wildman–Crippen MR) is 93.9 cm³/mol. The number of hydrogen-bond acceptors (Lipinski definition) is 5. The average Bonchev–Trinajstić information content (AvgIpc) is 3.10. The fourth-order valence-electron chi connectivity index (χ4n) is 3.20. The van der Waals surface area contributed by atoms with E-state index in [4.69, 9.17) is 4.52 Å². The second-order valence-electron chi connectivity index (χ2n) is 6.93. The lowest BCUT2D eigenvalue weighted by atomic mass is 10.1. The SMILES string of the molecule is Cc1cc(C(=O)N2CC[C@@H](NC(=O)c3oncc3C)C[C@@H](O)C2)[nH]c1C. The van der Waals surface area contributed by atoms with Crippen LogP contribution in [-0.4, -0.2) is 57.2 Å². The van der Waals surface area contributed by atoms with Gasteiger partial charge in [-0.05, 0) is 45.2 Å². The van der Waals surface area contributed by atoms with Crippen LogP contribution in [0.4, 0.5) is 0 Å².